The maximum absolute atomic E-state index is 10.6. The summed E-state index contributed by atoms with van der Waals surface area (Å²) in [5.74, 6) is 1.23. The van der Waals surface area contributed by atoms with Crippen molar-refractivity contribution < 1.29 is 19.1 Å². The maximum Gasteiger partial charge on any atom is 0.240 e. The summed E-state index contributed by atoms with van der Waals surface area (Å²) in [5.41, 5.74) is 2.61. The minimum atomic E-state index is 0.456. The monoisotopic (exact) mass is 310 g/mol. The molecule has 2 rings (SSSR count). The summed E-state index contributed by atoms with van der Waals surface area (Å²) in [6.07, 6.45) is 3.50. The molecule has 0 saturated heterocycles. The van der Waals surface area contributed by atoms with Gasteiger partial charge >= 0.3 is 0 Å². The second-order valence-corrected chi connectivity index (χ2v) is 4.57. The van der Waals surface area contributed by atoms with Crippen LogP contribution in [-0.4, -0.2) is 26.4 Å². The number of carbonyl (C=O) groups excluding carboxylic acids is 2. The van der Waals surface area contributed by atoms with Gasteiger partial charge in [-0.25, -0.2) is 9.59 Å². The first-order chi connectivity index (χ1) is 11.2. The van der Waals surface area contributed by atoms with Gasteiger partial charge in [-0.2, -0.15) is 9.98 Å². The third kappa shape index (κ3) is 3.92. The summed E-state index contributed by atoms with van der Waals surface area (Å²) in [6, 6.07) is 10.3. The van der Waals surface area contributed by atoms with Crippen molar-refractivity contribution in [3.8, 4) is 11.5 Å². The zero-order valence-electron chi connectivity index (χ0n) is 12.7. The first-order valence-corrected chi connectivity index (χ1v) is 6.71. The summed E-state index contributed by atoms with van der Waals surface area (Å²) in [6.45, 7) is 0. The quantitative estimate of drug-likeness (QED) is 0.606. The van der Waals surface area contributed by atoms with Crippen LogP contribution in [0.4, 0.5) is 11.4 Å². The predicted molar refractivity (Wildman–Crippen MR) is 84.4 cm³/mol. The number of isocyanates is 2. The van der Waals surface area contributed by atoms with Crippen LogP contribution in [0.5, 0.6) is 11.5 Å². The third-order valence-electron chi connectivity index (χ3n) is 3.28. The Bertz CT molecular complexity index is 804. The molecule has 0 aromatic heterocycles. The highest BCUT2D eigenvalue weighted by molar-refractivity contribution is 5.59. The zero-order valence-corrected chi connectivity index (χ0v) is 12.7. The normalized spacial score (nSPS) is 9.48. The Morgan fingerprint density at radius 1 is 0.913 bits per heavy atom. The molecule has 0 spiro atoms. The van der Waals surface area contributed by atoms with Crippen molar-refractivity contribution in [1.82, 2.24) is 0 Å². The molecule has 0 aliphatic heterocycles. The first kappa shape index (κ1) is 16.2. The molecule has 116 valence electrons. The lowest BCUT2D eigenvalue weighted by Crippen LogP contribution is -1.95. The van der Waals surface area contributed by atoms with Gasteiger partial charge in [0, 0.05) is 12.5 Å². The van der Waals surface area contributed by atoms with Crippen molar-refractivity contribution in [3.05, 3.63) is 47.5 Å². The van der Waals surface area contributed by atoms with Crippen LogP contribution in [0.15, 0.2) is 46.4 Å². The number of rotatable bonds is 6. The molecule has 23 heavy (non-hydrogen) atoms. The van der Waals surface area contributed by atoms with Crippen molar-refractivity contribution in [2.24, 2.45) is 9.98 Å². The van der Waals surface area contributed by atoms with Gasteiger partial charge in [-0.1, -0.05) is 6.07 Å². The van der Waals surface area contributed by atoms with E-state index in [4.69, 9.17) is 9.47 Å². The molecule has 0 unspecified atom stereocenters. The largest absolute Gasteiger partial charge is 0.497 e. The Balaban J connectivity index is 2.45. The van der Waals surface area contributed by atoms with Gasteiger partial charge in [-0.05, 0) is 35.4 Å². The molecule has 6 nitrogen and oxygen atoms in total. The highest BCUT2D eigenvalue weighted by Crippen LogP contribution is 2.31. The number of methoxy groups -OCH3 is 2. The highest BCUT2D eigenvalue weighted by atomic mass is 16.5. The van der Waals surface area contributed by atoms with Crippen LogP contribution in [0.3, 0.4) is 0 Å². The van der Waals surface area contributed by atoms with Gasteiger partial charge in [-0.15, -0.1) is 0 Å². The molecule has 0 atom stereocenters. The second kappa shape index (κ2) is 7.71. The van der Waals surface area contributed by atoms with E-state index in [0.717, 1.165) is 11.1 Å². The van der Waals surface area contributed by atoms with E-state index in [9.17, 15) is 9.59 Å². The van der Waals surface area contributed by atoms with Crippen LogP contribution in [0.25, 0.3) is 0 Å². The molecule has 0 heterocycles. The smallest absolute Gasteiger partial charge is 0.240 e. The fraction of sp³-hybridized carbons (Fsp3) is 0.176. The Labute approximate surface area is 133 Å². The lowest BCUT2D eigenvalue weighted by Gasteiger charge is -2.11. The van der Waals surface area contributed by atoms with E-state index in [2.05, 4.69) is 9.98 Å². The lowest BCUT2D eigenvalue weighted by molar-refractivity contribution is 0.410. The summed E-state index contributed by atoms with van der Waals surface area (Å²) in [5, 5.41) is 0. The number of hydrogen-bond donors (Lipinski definition) is 0. The Kier molecular flexibility index (Phi) is 5.42. The van der Waals surface area contributed by atoms with Gasteiger partial charge in [0.2, 0.25) is 12.2 Å². The van der Waals surface area contributed by atoms with Gasteiger partial charge < -0.3 is 9.47 Å². The number of benzene rings is 2. The molecule has 0 amide bonds. The summed E-state index contributed by atoms with van der Waals surface area (Å²) >= 11 is 0. The molecule has 0 saturated carbocycles. The minimum absolute atomic E-state index is 0.456. The Morgan fingerprint density at radius 3 is 2.35 bits per heavy atom. The van der Waals surface area contributed by atoms with Gasteiger partial charge in [0.15, 0.2) is 0 Å². The standard InChI is InChI=1S/C17H14N2O4/c1-22-15-5-6-16(19-11-21)13(8-15)7-12-3-4-14(18-10-20)9-17(12)23-2/h3-6,8-9H,7H2,1-2H3. The van der Waals surface area contributed by atoms with Crippen LogP contribution in [0, 0.1) is 0 Å². The number of nitrogens with zero attached hydrogens (tertiary/aromatic N) is 2. The number of ether oxygens (including phenoxy) is 2. The van der Waals surface area contributed by atoms with Crippen molar-refractivity contribution in [1.29, 1.82) is 0 Å². The lowest BCUT2D eigenvalue weighted by atomic mass is 10.0. The summed E-state index contributed by atoms with van der Waals surface area (Å²) in [7, 11) is 3.10. The molecule has 2 aromatic rings. The average Bonchev–Trinajstić information content (AvgIpc) is 2.58. The van der Waals surface area contributed by atoms with Gasteiger partial charge in [0.05, 0.1) is 25.6 Å². The highest BCUT2D eigenvalue weighted by Gasteiger charge is 2.10. The van der Waals surface area contributed by atoms with Crippen molar-refractivity contribution in [2.75, 3.05) is 14.2 Å². The molecule has 0 radical (unpaired) electrons. The van der Waals surface area contributed by atoms with Gasteiger partial charge in [0.25, 0.3) is 0 Å². The van der Waals surface area contributed by atoms with E-state index in [-0.39, 0.29) is 0 Å². The molecule has 2 aromatic carbocycles. The van der Waals surface area contributed by atoms with Crippen LogP contribution >= 0.6 is 0 Å². The molecular formula is C17H14N2O4. The van der Waals surface area contributed by atoms with E-state index in [1.165, 1.54) is 13.2 Å². The topological polar surface area (TPSA) is 77.3 Å². The average molecular weight is 310 g/mol. The van der Waals surface area contributed by atoms with Gasteiger partial charge in [-0.3, -0.25) is 0 Å². The first-order valence-electron chi connectivity index (χ1n) is 6.71. The number of hydrogen-bond acceptors (Lipinski definition) is 6. The fourth-order valence-electron chi connectivity index (χ4n) is 2.20. The Morgan fingerprint density at radius 2 is 1.70 bits per heavy atom. The zero-order chi connectivity index (χ0) is 16.7. The molecule has 0 fully saturated rings. The molecule has 0 aliphatic carbocycles. The maximum atomic E-state index is 10.6. The third-order valence-corrected chi connectivity index (χ3v) is 3.28. The number of aliphatic imine (C=N–C) groups is 2. The minimum Gasteiger partial charge on any atom is -0.497 e. The molecule has 0 bridgehead atoms. The van der Waals surface area contributed by atoms with E-state index in [0.29, 0.717) is 29.3 Å². The van der Waals surface area contributed by atoms with Crippen molar-refractivity contribution in [3.63, 3.8) is 0 Å². The predicted octanol–water partition coefficient (Wildman–Crippen LogP) is 3.23. The van der Waals surface area contributed by atoms with Crippen LogP contribution in [-0.2, 0) is 16.0 Å². The molecule has 0 aliphatic rings. The van der Waals surface area contributed by atoms with Crippen molar-refractivity contribution in [2.45, 2.75) is 6.42 Å². The SMILES string of the molecule is COc1ccc(N=C=O)c(Cc2ccc(N=C=O)cc2OC)c1. The Hall–Kier alpha value is -3.20. The van der Waals surface area contributed by atoms with E-state index in [1.807, 2.05) is 0 Å². The molecular weight excluding hydrogens is 296 g/mol. The van der Waals surface area contributed by atoms with Crippen molar-refractivity contribution >= 4 is 23.5 Å². The molecule has 6 heteroatoms. The van der Waals surface area contributed by atoms with Crippen LogP contribution < -0.4 is 9.47 Å². The van der Waals surface area contributed by atoms with E-state index >= 15 is 0 Å². The van der Waals surface area contributed by atoms with E-state index < -0.39 is 0 Å². The van der Waals surface area contributed by atoms with Gasteiger partial charge in [0.1, 0.15) is 11.5 Å². The fourth-order valence-corrected chi connectivity index (χ4v) is 2.20. The summed E-state index contributed by atoms with van der Waals surface area (Å²) < 4.78 is 10.5. The van der Waals surface area contributed by atoms with Crippen LogP contribution in [0.2, 0.25) is 0 Å². The second-order valence-electron chi connectivity index (χ2n) is 4.57. The summed E-state index contributed by atoms with van der Waals surface area (Å²) in [4.78, 5) is 28.2. The van der Waals surface area contributed by atoms with E-state index in [1.54, 1.807) is 49.6 Å². The van der Waals surface area contributed by atoms with Crippen LogP contribution in [0.1, 0.15) is 11.1 Å². The molecule has 0 N–H and O–H groups in total.